The highest BCUT2D eigenvalue weighted by Gasteiger charge is 2.20. The Bertz CT molecular complexity index is 1290. The number of fused-ring (bicyclic) bond motifs is 1. The van der Waals surface area contributed by atoms with E-state index in [1.54, 1.807) is 24.5 Å². The molecule has 3 aromatic heterocycles. The number of aryl methyl sites for hydroxylation is 2. The maximum atomic E-state index is 12.7. The van der Waals surface area contributed by atoms with E-state index in [1.807, 2.05) is 30.3 Å². The maximum Gasteiger partial charge on any atom is 0.255 e. The number of aromatic nitrogens is 4. The predicted octanol–water partition coefficient (Wildman–Crippen LogP) is 3.67. The first-order chi connectivity index (χ1) is 15.7. The van der Waals surface area contributed by atoms with Gasteiger partial charge in [0.05, 0.1) is 12.0 Å². The third-order valence-corrected chi connectivity index (χ3v) is 5.61. The van der Waals surface area contributed by atoms with Gasteiger partial charge in [0.2, 0.25) is 11.9 Å². The van der Waals surface area contributed by atoms with Gasteiger partial charge >= 0.3 is 0 Å². The number of carbonyl (C=O) groups is 1. The molecule has 1 aliphatic carbocycles. The Balaban J connectivity index is 1.46. The van der Waals surface area contributed by atoms with Gasteiger partial charge in [0.1, 0.15) is 11.5 Å². The number of nitrogens with one attached hydrogen (secondary N) is 2. The number of hydrogen-bond donors (Lipinski definition) is 2. The average molecular weight is 429 g/mol. The summed E-state index contributed by atoms with van der Waals surface area (Å²) in [5.41, 5.74) is 3.02. The molecular weight excluding hydrogens is 406 g/mol. The number of nitrogens with zero attached hydrogens (tertiary/aromatic N) is 3. The lowest BCUT2D eigenvalue weighted by molar-refractivity contribution is -0.116. The van der Waals surface area contributed by atoms with Crippen molar-refractivity contribution in [3.05, 3.63) is 82.0 Å². The molecule has 1 amide bonds. The van der Waals surface area contributed by atoms with E-state index < -0.39 is 0 Å². The van der Waals surface area contributed by atoms with E-state index in [-0.39, 0.29) is 17.4 Å². The van der Waals surface area contributed by atoms with E-state index in [0.29, 0.717) is 30.1 Å². The van der Waals surface area contributed by atoms with Crippen LogP contribution in [0.3, 0.4) is 0 Å². The maximum absolute atomic E-state index is 12.7. The Labute approximate surface area is 184 Å². The van der Waals surface area contributed by atoms with Crippen LogP contribution < -0.4 is 10.9 Å². The summed E-state index contributed by atoms with van der Waals surface area (Å²) >= 11 is 0. The molecule has 0 atom stereocenters. The van der Waals surface area contributed by atoms with Crippen LogP contribution in [0.25, 0.3) is 17.4 Å². The number of H-pyrrole nitrogens is 1. The van der Waals surface area contributed by atoms with E-state index in [4.69, 9.17) is 4.42 Å². The first-order valence-corrected chi connectivity index (χ1v) is 10.8. The SMILES string of the molecule is O=C(CCc1ccccc1)Nc1cc(-c2ccco2)nn1-c1nc2c(c(=O)[nH]1)CCCC2. The second kappa shape index (κ2) is 8.66. The Morgan fingerprint density at radius 1 is 1.12 bits per heavy atom. The molecule has 162 valence electrons. The summed E-state index contributed by atoms with van der Waals surface area (Å²) in [6.07, 6.45) is 5.99. The molecule has 32 heavy (non-hydrogen) atoms. The summed E-state index contributed by atoms with van der Waals surface area (Å²) < 4.78 is 6.93. The summed E-state index contributed by atoms with van der Waals surface area (Å²) in [4.78, 5) is 32.8. The van der Waals surface area contributed by atoms with Crippen LogP contribution >= 0.6 is 0 Å². The summed E-state index contributed by atoms with van der Waals surface area (Å²) in [6, 6.07) is 15.1. The van der Waals surface area contributed by atoms with Gasteiger partial charge in [0.25, 0.3) is 5.56 Å². The molecular formula is C24H23N5O3. The van der Waals surface area contributed by atoms with Crippen molar-refractivity contribution in [2.75, 3.05) is 5.32 Å². The van der Waals surface area contributed by atoms with Gasteiger partial charge in [-0.05, 0) is 49.8 Å². The van der Waals surface area contributed by atoms with Crippen molar-refractivity contribution in [2.45, 2.75) is 38.5 Å². The zero-order chi connectivity index (χ0) is 21.9. The van der Waals surface area contributed by atoms with Crippen molar-refractivity contribution in [1.82, 2.24) is 19.7 Å². The third kappa shape index (κ3) is 4.12. The van der Waals surface area contributed by atoms with Crippen molar-refractivity contribution < 1.29 is 9.21 Å². The number of amides is 1. The van der Waals surface area contributed by atoms with Crippen LogP contribution in [0.5, 0.6) is 0 Å². The molecule has 8 nitrogen and oxygen atoms in total. The van der Waals surface area contributed by atoms with Crippen LogP contribution in [-0.2, 0) is 24.1 Å². The van der Waals surface area contributed by atoms with Crippen LogP contribution in [0.2, 0.25) is 0 Å². The van der Waals surface area contributed by atoms with E-state index in [0.717, 1.165) is 42.5 Å². The zero-order valence-corrected chi connectivity index (χ0v) is 17.5. The molecule has 0 saturated carbocycles. The van der Waals surface area contributed by atoms with Gasteiger partial charge < -0.3 is 9.73 Å². The number of benzene rings is 1. The van der Waals surface area contributed by atoms with E-state index >= 15 is 0 Å². The van der Waals surface area contributed by atoms with Gasteiger partial charge in [-0.2, -0.15) is 9.78 Å². The fourth-order valence-corrected chi connectivity index (χ4v) is 3.97. The Kier molecular flexibility index (Phi) is 5.41. The molecule has 0 radical (unpaired) electrons. The van der Waals surface area contributed by atoms with Crippen LogP contribution in [-0.4, -0.2) is 25.7 Å². The first-order valence-electron chi connectivity index (χ1n) is 10.8. The van der Waals surface area contributed by atoms with Crippen molar-refractivity contribution in [3.8, 4) is 17.4 Å². The molecule has 0 spiro atoms. The van der Waals surface area contributed by atoms with Gasteiger partial charge in [-0.1, -0.05) is 30.3 Å². The number of anilines is 1. The summed E-state index contributed by atoms with van der Waals surface area (Å²) in [5, 5.41) is 7.48. The smallest absolute Gasteiger partial charge is 0.255 e. The zero-order valence-electron chi connectivity index (χ0n) is 17.5. The standard InChI is InChI=1S/C24H23N5O3/c30-22(13-12-16-7-2-1-3-8-16)26-21-15-19(20-11-6-14-32-20)28-29(21)24-25-18-10-5-4-9-17(18)23(31)27-24/h1-3,6-8,11,14-15H,4-5,9-10,12-13H2,(H,26,30)(H,25,27,31). The van der Waals surface area contributed by atoms with Crippen LogP contribution in [0.15, 0.2) is 64.0 Å². The van der Waals surface area contributed by atoms with Crippen LogP contribution in [0.4, 0.5) is 5.82 Å². The lowest BCUT2D eigenvalue weighted by Gasteiger charge is -2.15. The Morgan fingerprint density at radius 3 is 2.78 bits per heavy atom. The normalized spacial score (nSPS) is 13.0. The quantitative estimate of drug-likeness (QED) is 0.487. The van der Waals surface area contributed by atoms with E-state index in [2.05, 4.69) is 20.4 Å². The molecule has 1 aromatic carbocycles. The number of furan rings is 1. The lowest BCUT2D eigenvalue weighted by Crippen LogP contribution is -2.24. The molecule has 1 aliphatic rings. The number of carbonyl (C=O) groups excluding carboxylic acids is 1. The van der Waals surface area contributed by atoms with Crippen LogP contribution in [0, 0.1) is 0 Å². The number of rotatable bonds is 6. The molecule has 0 unspecified atom stereocenters. The van der Waals surface area contributed by atoms with Crippen molar-refractivity contribution in [1.29, 1.82) is 0 Å². The molecule has 3 heterocycles. The summed E-state index contributed by atoms with van der Waals surface area (Å²) in [7, 11) is 0. The van der Waals surface area contributed by atoms with Gasteiger partial charge in [-0.15, -0.1) is 0 Å². The first kappa shape index (κ1) is 20.0. The fraction of sp³-hybridized carbons (Fsp3) is 0.250. The minimum absolute atomic E-state index is 0.152. The highest BCUT2D eigenvalue weighted by molar-refractivity contribution is 5.90. The molecule has 8 heteroatoms. The van der Waals surface area contributed by atoms with Gasteiger partial charge in [0.15, 0.2) is 5.76 Å². The molecule has 5 rings (SSSR count). The third-order valence-electron chi connectivity index (χ3n) is 5.61. The largest absolute Gasteiger partial charge is 0.463 e. The highest BCUT2D eigenvalue weighted by atomic mass is 16.3. The molecule has 0 saturated heterocycles. The van der Waals surface area contributed by atoms with Crippen molar-refractivity contribution in [3.63, 3.8) is 0 Å². The van der Waals surface area contributed by atoms with E-state index in [1.165, 1.54) is 4.68 Å². The molecule has 4 aromatic rings. The molecule has 0 fully saturated rings. The minimum Gasteiger partial charge on any atom is -0.463 e. The van der Waals surface area contributed by atoms with Crippen LogP contribution in [0.1, 0.15) is 36.1 Å². The Morgan fingerprint density at radius 2 is 1.97 bits per heavy atom. The molecule has 0 aliphatic heterocycles. The highest BCUT2D eigenvalue weighted by Crippen LogP contribution is 2.25. The average Bonchev–Trinajstić information content (AvgIpc) is 3.49. The number of aromatic amines is 1. The van der Waals surface area contributed by atoms with E-state index in [9.17, 15) is 9.59 Å². The Hall–Kier alpha value is -3.94. The van der Waals surface area contributed by atoms with Crippen molar-refractivity contribution in [2.24, 2.45) is 0 Å². The summed E-state index contributed by atoms with van der Waals surface area (Å²) in [5.74, 6) is 1.12. The van der Waals surface area contributed by atoms with Crippen molar-refractivity contribution >= 4 is 11.7 Å². The number of hydrogen-bond acceptors (Lipinski definition) is 5. The second-order valence-electron chi connectivity index (χ2n) is 7.86. The molecule has 2 N–H and O–H groups in total. The monoisotopic (exact) mass is 429 g/mol. The fourth-order valence-electron chi connectivity index (χ4n) is 3.97. The molecule has 0 bridgehead atoms. The predicted molar refractivity (Wildman–Crippen MR) is 120 cm³/mol. The van der Waals surface area contributed by atoms with Gasteiger partial charge in [-0.25, -0.2) is 4.98 Å². The second-order valence-corrected chi connectivity index (χ2v) is 7.86. The lowest BCUT2D eigenvalue weighted by atomic mass is 9.97. The summed E-state index contributed by atoms with van der Waals surface area (Å²) in [6.45, 7) is 0. The topological polar surface area (TPSA) is 106 Å². The van der Waals surface area contributed by atoms with Gasteiger partial charge in [-0.3, -0.25) is 14.6 Å². The van der Waals surface area contributed by atoms with Gasteiger partial charge in [0, 0.05) is 18.1 Å². The minimum atomic E-state index is -0.152.